The number of anilines is 1. The summed E-state index contributed by atoms with van der Waals surface area (Å²) in [5.41, 5.74) is 2.68. The molecule has 0 radical (unpaired) electrons. The molecule has 1 fully saturated rings. The van der Waals surface area contributed by atoms with Gasteiger partial charge in [-0.2, -0.15) is 0 Å². The Labute approximate surface area is 123 Å². The van der Waals surface area contributed by atoms with Crippen LogP contribution in [0.4, 0.5) is 5.69 Å². The number of morpholine rings is 1. The van der Waals surface area contributed by atoms with E-state index in [4.69, 9.17) is 4.74 Å². The van der Waals surface area contributed by atoms with Gasteiger partial charge in [-0.15, -0.1) is 0 Å². The molecule has 1 aromatic carbocycles. The predicted octanol–water partition coefficient (Wildman–Crippen LogP) is 3.19. The summed E-state index contributed by atoms with van der Waals surface area (Å²) >= 11 is 0. The molecule has 2 atom stereocenters. The molecule has 20 heavy (non-hydrogen) atoms. The number of nitrogens with one attached hydrogen (secondary N) is 1. The highest BCUT2D eigenvalue weighted by atomic mass is 16.5. The number of hydrogen-bond acceptors (Lipinski definition) is 3. The lowest BCUT2D eigenvalue weighted by molar-refractivity contribution is 0.0299. The first kappa shape index (κ1) is 15.3. The van der Waals surface area contributed by atoms with E-state index in [1.165, 1.54) is 17.7 Å². The van der Waals surface area contributed by atoms with E-state index < -0.39 is 0 Å². The second-order valence-electron chi connectivity index (χ2n) is 5.70. The third-order valence-corrected chi connectivity index (χ3v) is 3.96. The van der Waals surface area contributed by atoms with E-state index in [0.29, 0.717) is 12.1 Å². The van der Waals surface area contributed by atoms with E-state index in [1.807, 2.05) is 0 Å². The van der Waals surface area contributed by atoms with Crippen LogP contribution in [0, 0.1) is 0 Å². The minimum atomic E-state index is 0.323. The van der Waals surface area contributed by atoms with Crippen molar-refractivity contribution < 1.29 is 4.74 Å². The summed E-state index contributed by atoms with van der Waals surface area (Å²) in [5, 5.41) is 3.44. The van der Waals surface area contributed by atoms with E-state index in [1.54, 1.807) is 0 Å². The van der Waals surface area contributed by atoms with Crippen LogP contribution >= 0.6 is 0 Å². The lowest BCUT2D eigenvalue weighted by Gasteiger charge is -2.40. The molecule has 0 saturated carbocycles. The number of nitrogens with zero attached hydrogens (tertiary/aromatic N) is 1. The van der Waals surface area contributed by atoms with Gasteiger partial charge in [0.15, 0.2) is 0 Å². The Kier molecular flexibility index (Phi) is 5.86. The first-order valence-corrected chi connectivity index (χ1v) is 7.92. The van der Waals surface area contributed by atoms with Crippen LogP contribution in [0.15, 0.2) is 24.3 Å². The van der Waals surface area contributed by atoms with E-state index in [2.05, 4.69) is 55.3 Å². The zero-order valence-corrected chi connectivity index (χ0v) is 13.1. The average Bonchev–Trinajstić information content (AvgIpc) is 2.48. The van der Waals surface area contributed by atoms with Gasteiger partial charge in [-0.05, 0) is 44.0 Å². The standard InChI is InChI=1S/C17H28N2O/c1-4-10-18-11-15-6-8-17(9-7-15)19-12-14(3)20-13-16(19)5-2/h6-9,14,16,18H,4-5,10-13H2,1-3H3. The summed E-state index contributed by atoms with van der Waals surface area (Å²) in [5.74, 6) is 0. The van der Waals surface area contributed by atoms with Crippen molar-refractivity contribution in [1.29, 1.82) is 0 Å². The molecule has 1 aliphatic heterocycles. The molecule has 0 aliphatic carbocycles. The molecule has 3 nitrogen and oxygen atoms in total. The molecule has 1 saturated heterocycles. The zero-order valence-electron chi connectivity index (χ0n) is 13.1. The third-order valence-electron chi connectivity index (χ3n) is 3.96. The number of benzene rings is 1. The van der Waals surface area contributed by atoms with E-state index in [-0.39, 0.29) is 0 Å². The number of hydrogen-bond donors (Lipinski definition) is 1. The largest absolute Gasteiger partial charge is 0.375 e. The minimum absolute atomic E-state index is 0.323. The van der Waals surface area contributed by atoms with E-state index in [9.17, 15) is 0 Å². The van der Waals surface area contributed by atoms with Gasteiger partial charge in [-0.1, -0.05) is 26.0 Å². The van der Waals surface area contributed by atoms with Gasteiger partial charge in [-0.3, -0.25) is 0 Å². The van der Waals surface area contributed by atoms with Crippen molar-refractivity contribution in [1.82, 2.24) is 5.32 Å². The van der Waals surface area contributed by atoms with Gasteiger partial charge in [0.05, 0.1) is 18.8 Å². The van der Waals surface area contributed by atoms with Crippen molar-refractivity contribution in [3.8, 4) is 0 Å². The number of ether oxygens (including phenoxy) is 1. The first-order valence-electron chi connectivity index (χ1n) is 7.92. The van der Waals surface area contributed by atoms with Gasteiger partial charge in [0.25, 0.3) is 0 Å². The highest BCUT2D eigenvalue weighted by Gasteiger charge is 2.25. The summed E-state index contributed by atoms with van der Waals surface area (Å²) in [4.78, 5) is 2.50. The van der Waals surface area contributed by atoms with Gasteiger partial charge in [0.1, 0.15) is 0 Å². The van der Waals surface area contributed by atoms with Gasteiger partial charge in [0, 0.05) is 18.8 Å². The molecule has 2 unspecified atom stereocenters. The normalized spacial score (nSPS) is 23.1. The van der Waals surface area contributed by atoms with Crippen molar-refractivity contribution in [3.63, 3.8) is 0 Å². The highest BCUT2D eigenvalue weighted by Crippen LogP contribution is 2.23. The van der Waals surface area contributed by atoms with Crippen LogP contribution in [0.25, 0.3) is 0 Å². The molecule has 0 amide bonds. The van der Waals surface area contributed by atoms with Crippen molar-refractivity contribution in [2.75, 3.05) is 24.6 Å². The van der Waals surface area contributed by atoms with Crippen molar-refractivity contribution >= 4 is 5.69 Å². The predicted molar refractivity (Wildman–Crippen MR) is 85.3 cm³/mol. The summed E-state index contributed by atoms with van der Waals surface area (Å²) < 4.78 is 5.77. The Morgan fingerprint density at radius 3 is 2.65 bits per heavy atom. The topological polar surface area (TPSA) is 24.5 Å². The second kappa shape index (κ2) is 7.65. The molecule has 112 valence electrons. The first-order chi connectivity index (χ1) is 9.74. The molecule has 0 spiro atoms. The van der Waals surface area contributed by atoms with Crippen LogP contribution in [0.5, 0.6) is 0 Å². The Balaban J connectivity index is 2.00. The third kappa shape index (κ3) is 3.97. The van der Waals surface area contributed by atoms with Crippen LogP contribution in [-0.2, 0) is 11.3 Å². The monoisotopic (exact) mass is 276 g/mol. The second-order valence-corrected chi connectivity index (χ2v) is 5.70. The molecule has 1 heterocycles. The summed E-state index contributed by atoms with van der Waals surface area (Å²) in [6, 6.07) is 9.50. The van der Waals surface area contributed by atoms with Crippen molar-refractivity contribution in [2.24, 2.45) is 0 Å². The maximum atomic E-state index is 5.77. The Morgan fingerprint density at radius 1 is 1.25 bits per heavy atom. The molecule has 0 bridgehead atoms. The van der Waals surface area contributed by atoms with Crippen LogP contribution < -0.4 is 10.2 Å². The summed E-state index contributed by atoms with van der Waals surface area (Å²) in [7, 11) is 0. The SMILES string of the molecule is CCCNCc1ccc(N2CC(C)OCC2CC)cc1. The lowest BCUT2D eigenvalue weighted by atomic mass is 10.1. The fourth-order valence-corrected chi connectivity index (χ4v) is 2.71. The quantitative estimate of drug-likeness (QED) is 0.808. The molecule has 0 aromatic heterocycles. The smallest absolute Gasteiger partial charge is 0.0723 e. The number of rotatable bonds is 6. The van der Waals surface area contributed by atoms with Crippen LogP contribution in [0.3, 0.4) is 0 Å². The summed E-state index contributed by atoms with van der Waals surface area (Å²) in [6.45, 7) is 10.5. The Hall–Kier alpha value is -1.06. The summed E-state index contributed by atoms with van der Waals surface area (Å²) in [6.07, 6.45) is 2.64. The van der Waals surface area contributed by atoms with E-state index >= 15 is 0 Å². The fourth-order valence-electron chi connectivity index (χ4n) is 2.71. The van der Waals surface area contributed by atoms with Crippen LogP contribution in [0.1, 0.15) is 39.2 Å². The van der Waals surface area contributed by atoms with Gasteiger partial charge in [0.2, 0.25) is 0 Å². The lowest BCUT2D eigenvalue weighted by Crippen LogP contribution is -2.48. The molecule has 2 rings (SSSR count). The van der Waals surface area contributed by atoms with Gasteiger partial charge >= 0.3 is 0 Å². The molecule has 3 heteroatoms. The van der Waals surface area contributed by atoms with Crippen molar-refractivity contribution in [2.45, 2.75) is 52.3 Å². The van der Waals surface area contributed by atoms with E-state index in [0.717, 1.165) is 32.7 Å². The highest BCUT2D eigenvalue weighted by molar-refractivity contribution is 5.49. The fraction of sp³-hybridized carbons (Fsp3) is 0.647. The van der Waals surface area contributed by atoms with Crippen molar-refractivity contribution in [3.05, 3.63) is 29.8 Å². The Morgan fingerprint density at radius 2 is 2.00 bits per heavy atom. The molecule has 1 aromatic rings. The average molecular weight is 276 g/mol. The minimum Gasteiger partial charge on any atom is -0.375 e. The zero-order chi connectivity index (χ0) is 14.4. The maximum absolute atomic E-state index is 5.77. The molecular formula is C17H28N2O. The van der Waals surface area contributed by atoms with Crippen LogP contribution in [0.2, 0.25) is 0 Å². The maximum Gasteiger partial charge on any atom is 0.0723 e. The van der Waals surface area contributed by atoms with Gasteiger partial charge in [-0.25, -0.2) is 0 Å². The van der Waals surface area contributed by atoms with Crippen LogP contribution in [-0.4, -0.2) is 31.8 Å². The molecular weight excluding hydrogens is 248 g/mol. The molecule has 1 N–H and O–H groups in total. The Bertz CT molecular complexity index is 390. The molecule has 1 aliphatic rings. The van der Waals surface area contributed by atoms with Gasteiger partial charge < -0.3 is 15.0 Å².